The van der Waals surface area contributed by atoms with E-state index >= 15 is 0 Å². The number of nitrogens with one attached hydrogen (secondary N) is 1. The van der Waals surface area contributed by atoms with Gasteiger partial charge in [-0.05, 0) is 31.5 Å². The first-order valence-electron chi connectivity index (χ1n) is 11.7. The van der Waals surface area contributed by atoms with Gasteiger partial charge in [0.15, 0.2) is 5.75 Å². The van der Waals surface area contributed by atoms with Gasteiger partial charge in [-0.1, -0.05) is 6.92 Å². The van der Waals surface area contributed by atoms with Gasteiger partial charge in [-0.15, -0.1) is 0 Å². The predicted octanol–water partition coefficient (Wildman–Crippen LogP) is 4.45. The summed E-state index contributed by atoms with van der Waals surface area (Å²) >= 11 is 0. The van der Waals surface area contributed by atoms with Crippen LogP contribution >= 0.6 is 0 Å². The molecule has 3 heterocycles. The molecule has 35 heavy (non-hydrogen) atoms. The van der Waals surface area contributed by atoms with Crippen LogP contribution in [0, 0.1) is 0 Å². The van der Waals surface area contributed by atoms with Gasteiger partial charge in [-0.25, -0.2) is 9.97 Å². The molecule has 0 radical (unpaired) electrons. The van der Waals surface area contributed by atoms with E-state index in [0.29, 0.717) is 18.4 Å². The molecule has 1 aromatic carbocycles. The van der Waals surface area contributed by atoms with Gasteiger partial charge >= 0.3 is 12.8 Å². The first kappa shape index (κ1) is 25.4. The van der Waals surface area contributed by atoms with Gasteiger partial charge in [0.25, 0.3) is 0 Å². The first-order chi connectivity index (χ1) is 16.7. The number of rotatable bonds is 7. The molecule has 2 aliphatic rings. The van der Waals surface area contributed by atoms with Crippen LogP contribution in [0.1, 0.15) is 25.3 Å². The molecule has 0 spiro atoms. The number of nitrogens with zero attached hydrogens (tertiary/aromatic N) is 5. The summed E-state index contributed by atoms with van der Waals surface area (Å²) in [7, 11) is 0. The average molecular weight is 501 g/mol. The van der Waals surface area contributed by atoms with Gasteiger partial charge in [-0.2, -0.15) is 22.0 Å². The van der Waals surface area contributed by atoms with Crippen molar-refractivity contribution in [2.24, 2.45) is 0 Å². The van der Waals surface area contributed by atoms with Gasteiger partial charge < -0.3 is 19.9 Å². The molecule has 0 atom stereocenters. The Labute approximate surface area is 200 Å². The molecule has 0 unspecified atom stereocenters. The van der Waals surface area contributed by atoms with Crippen LogP contribution in [-0.4, -0.2) is 78.2 Å². The fourth-order valence-corrected chi connectivity index (χ4v) is 4.60. The van der Waals surface area contributed by atoms with Gasteiger partial charge in [0.2, 0.25) is 5.95 Å². The largest absolute Gasteiger partial charge is 0.433 e. The van der Waals surface area contributed by atoms with Crippen LogP contribution in [0.15, 0.2) is 30.6 Å². The van der Waals surface area contributed by atoms with Crippen LogP contribution in [0.5, 0.6) is 5.75 Å². The first-order valence-corrected chi connectivity index (χ1v) is 11.7. The number of piperidine rings is 1. The predicted molar refractivity (Wildman–Crippen MR) is 122 cm³/mol. The Kier molecular flexibility index (Phi) is 7.90. The minimum absolute atomic E-state index is 0.126. The zero-order valence-corrected chi connectivity index (χ0v) is 19.4. The topological polar surface area (TPSA) is 56.8 Å². The lowest BCUT2D eigenvalue weighted by molar-refractivity contribution is -0.138. The summed E-state index contributed by atoms with van der Waals surface area (Å²) in [5.74, 6) is -0.285. The van der Waals surface area contributed by atoms with E-state index in [1.54, 1.807) is 12.1 Å². The minimum atomic E-state index is -4.57. The molecular formula is C23H29F5N6O. The lowest BCUT2D eigenvalue weighted by Crippen LogP contribution is -2.53. The zero-order valence-electron chi connectivity index (χ0n) is 19.4. The molecule has 12 heteroatoms. The summed E-state index contributed by atoms with van der Waals surface area (Å²) in [6.45, 7) is 6.08. The van der Waals surface area contributed by atoms with Gasteiger partial charge in [0.1, 0.15) is 0 Å². The maximum atomic E-state index is 13.1. The highest BCUT2D eigenvalue weighted by Gasteiger charge is 2.31. The van der Waals surface area contributed by atoms with Crippen LogP contribution in [-0.2, 0) is 6.18 Å². The van der Waals surface area contributed by atoms with Crippen LogP contribution in [0.3, 0.4) is 0 Å². The van der Waals surface area contributed by atoms with E-state index in [0.717, 1.165) is 64.3 Å². The van der Waals surface area contributed by atoms with Crippen molar-refractivity contribution in [1.82, 2.24) is 19.8 Å². The standard InChI is InChI=1S/C23H29F5N6O/c1-2-32-9-11-34(12-10-32)17-5-7-33(8-6-17)18-3-4-19(20(13-18)35-21(24)25)31-22-29-14-16(15-30-22)23(26,27)28/h3-4,13-15,17,21H,2,5-12H2,1H3,(H,29,30,31). The third-order valence-corrected chi connectivity index (χ3v) is 6.61. The second-order valence-corrected chi connectivity index (χ2v) is 8.67. The number of anilines is 3. The highest BCUT2D eigenvalue weighted by Crippen LogP contribution is 2.35. The molecule has 2 aromatic rings. The van der Waals surface area contributed by atoms with E-state index in [1.807, 2.05) is 0 Å². The third-order valence-electron chi connectivity index (χ3n) is 6.61. The number of aromatic nitrogens is 2. The lowest BCUT2D eigenvalue weighted by Gasteiger charge is -2.43. The number of likely N-dealkylation sites (N-methyl/N-ethyl adjacent to an activating group) is 1. The maximum Gasteiger partial charge on any atom is 0.419 e. The summed E-state index contributed by atoms with van der Waals surface area (Å²) in [5.41, 5.74) is -0.121. The molecule has 0 saturated carbocycles. The van der Waals surface area contributed by atoms with Crippen LogP contribution in [0.25, 0.3) is 0 Å². The normalized spacial score (nSPS) is 18.8. The number of ether oxygens (including phenoxy) is 1. The van der Waals surface area contributed by atoms with Crippen LogP contribution in [0.4, 0.5) is 39.3 Å². The molecular weight excluding hydrogens is 471 g/mol. The Morgan fingerprint density at radius 3 is 2.26 bits per heavy atom. The summed E-state index contributed by atoms with van der Waals surface area (Å²) < 4.78 is 69.0. The van der Waals surface area contributed by atoms with Crippen molar-refractivity contribution in [3.63, 3.8) is 0 Å². The van der Waals surface area contributed by atoms with E-state index in [4.69, 9.17) is 4.74 Å². The molecule has 7 nitrogen and oxygen atoms in total. The smallest absolute Gasteiger partial charge is 0.419 e. The number of hydrogen-bond donors (Lipinski definition) is 1. The number of alkyl halides is 5. The highest BCUT2D eigenvalue weighted by atomic mass is 19.4. The van der Waals surface area contributed by atoms with Crippen molar-refractivity contribution < 1.29 is 26.7 Å². The Bertz CT molecular complexity index is 958. The van der Waals surface area contributed by atoms with Crippen LogP contribution in [0.2, 0.25) is 0 Å². The fraction of sp³-hybridized carbons (Fsp3) is 0.565. The van der Waals surface area contributed by atoms with Gasteiger partial charge in [0, 0.05) is 69.5 Å². The highest BCUT2D eigenvalue weighted by molar-refractivity contribution is 5.68. The molecule has 4 rings (SSSR count). The molecule has 1 aromatic heterocycles. The summed E-state index contributed by atoms with van der Waals surface area (Å²) in [5, 5.41) is 2.67. The van der Waals surface area contributed by atoms with Crippen molar-refractivity contribution in [1.29, 1.82) is 0 Å². The van der Waals surface area contributed by atoms with Crippen molar-refractivity contribution in [3.05, 3.63) is 36.2 Å². The van der Waals surface area contributed by atoms with Crippen molar-refractivity contribution >= 4 is 17.3 Å². The van der Waals surface area contributed by atoms with E-state index in [1.165, 1.54) is 6.07 Å². The number of halogens is 5. The molecule has 0 aliphatic carbocycles. The molecule has 2 aliphatic heterocycles. The molecule has 2 fully saturated rings. The Morgan fingerprint density at radius 2 is 1.69 bits per heavy atom. The maximum absolute atomic E-state index is 13.1. The Morgan fingerprint density at radius 1 is 1.03 bits per heavy atom. The Balaban J connectivity index is 1.41. The van der Waals surface area contributed by atoms with Crippen LogP contribution < -0.4 is 15.0 Å². The quantitative estimate of drug-likeness (QED) is 0.564. The average Bonchev–Trinajstić information content (AvgIpc) is 2.85. The second-order valence-electron chi connectivity index (χ2n) is 8.67. The van der Waals surface area contributed by atoms with Crippen molar-refractivity contribution in [2.75, 3.05) is 56.0 Å². The third kappa shape index (κ3) is 6.49. The molecule has 2 saturated heterocycles. The summed E-state index contributed by atoms with van der Waals surface area (Å²) in [6, 6.07) is 5.34. The van der Waals surface area contributed by atoms with E-state index < -0.39 is 18.4 Å². The number of benzene rings is 1. The molecule has 0 amide bonds. The second kappa shape index (κ2) is 10.9. The minimum Gasteiger partial charge on any atom is -0.433 e. The van der Waals surface area contributed by atoms with Gasteiger partial charge in [0.05, 0.1) is 11.3 Å². The van der Waals surface area contributed by atoms with E-state index in [2.05, 4.69) is 36.9 Å². The number of piperazine rings is 1. The summed E-state index contributed by atoms with van der Waals surface area (Å²) in [6.07, 6.45) is -1.35. The van der Waals surface area contributed by atoms with Gasteiger partial charge in [-0.3, -0.25) is 4.90 Å². The molecule has 192 valence electrons. The SMILES string of the molecule is CCN1CCN(C2CCN(c3ccc(Nc4ncc(C(F)(F)F)cn4)c(OC(F)F)c3)CC2)CC1. The molecule has 1 N–H and O–H groups in total. The lowest BCUT2D eigenvalue weighted by atomic mass is 10.0. The summed E-state index contributed by atoms with van der Waals surface area (Å²) in [4.78, 5) is 14.4. The Hall–Kier alpha value is -2.73. The van der Waals surface area contributed by atoms with Crippen molar-refractivity contribution in [2.45, 2.75) is 38.6 Å². The number of hydrogen-bond acceptors (Lipinski definition) is 7. The zero-order chi connectivity index (χ0) is 25.0. The fourth-order valence-electron chi connectivity index (χ4n) is 4.60. The molecule has 0 bridgehead atoms. The monoisotopic (exact) mass is 500 g/mol. The van der Waals surface area contributed by atoms with Crippen molar-refractivity contribution in [3.8, 4) is 5.75 Å². The van der Waals surface area contributed by atoms with E-state index in [9.17, 15) is 22.0 Å². The van der Waals surface area contributed by atoms with E-state index in [-0.39, 0.29) is 17.4 Å².